The molecule has 0 aliphatic rings. The quantitative estimate of drug-likeness (QED) is 0.948. The molecule has 5 heteroatoms. The Morgan fingerprint density at radius 2 is 2.00 bits per heavy atom. The molecular weight excluding hydrogens is 296 g/mol. The van der Waals surface area contributed by atoms with E-state index in [-0.39, 0.29) is 5.56 Å². The lowest BCUT2D eigenvalue weighted by molar-refractivity contribution is 0.185. The van der Waals surface area contributed by atoms with Gasteiger partial charge < -0.3 is 9.72 Å². The van der Waals surface area contributed by atoms with Crippen LogP contribution in [0.5, 0.6) is 0 Å². The number of ether oxygens (including phenoxy) is 1. The highest BCUT2D eigenvalue weighted by Gasteiger charge is 2.06. The first kappa shape index (κ1) is 13.0. The highest BCUT2D eigenvalue weighted by Crippen LogP contribution is 2.17. The van der Waals surface area contributed by atoms with Crippen molar-refractivity contribution in [3.05, 3.63) is 50.3 Å². The number of benzene rings is 1. The Balaban J connectivity index is 2.40. The molecule has 0 radical (unpaired) electrons. The van der Waals surface area contributed by atoms with Crippen molar-refractivity contribution < 1.29 is 4.74 Å². The monoisotopic (exact) mass is 308 g/mol. The minimum atomic E-state index is -0.168. The van der Waals surface area contributed by atoms with E-state index in [9.17, 15) is 4.79 Å². The fraction of sp³-hybridized carbons (Fsp3) is 0.231. The number of aromatic nitrogens is 2. The molecule has 0 fully saturated rings. The van der Waals surface area contributed by atoms with Crippen molar-refractivity contribution in [2.24, 2.45) is 0 Å². The molecule has 2 rings (SSSR count). The summed E-state index contributed by atoms with van der Waals surface area (Å²) in [6, 6.07) is 7.74. The van der Waals surface area contributed by atoms with Gasteiger partial charge in [0, 0.05) is 12.7 Å². The Bertz CT molecular complexity index is 605. The van der Waals surface area contributed by atoms with Crippen LogP contribution >= 0.6 is 15.9 Å². The van der Waals surface area contributed by atoms with Crippen LogP contribution in [0.15, 0.2) is 33.5 Å². The first-order valence-electron chi connectivity index (χ1n) is 5.46. The van der Waals surface area contributed by atoms with Crippen LogP contribution < -0.4 is 5.56 Å². The van der Waals surface area contributed by atoms with Gasteiger partial charge in [0.1, 0.15) is 10.3 Å². The molecule has 1 aromatic heterocycles. The molecule has 0 unspecified atom stereocenters. The summed E-state index contributed by atoms with van der Waals surface area (Å²) in [5, 5.41) is 0. The number of rotatable bonds is 3. The average Bonchev–Trinajstić information content (AvgIpc) is 2.37. The van der Waals surface area contributed by atoms with E-state index in [1.54, 1.807) is 14.0 Å². The minimum absolute atomic E-state index is 0.168. The molecule has 0 aliphatic carbocycles. The Kier molecular flexibility index (Phi) is 3.93. The number of aryl methyl sites for hydroxylation is 1. The lowest BCUT2D eigenvalue weighted by atomic mass is 10.1. The summed E-state index contributed by atoms with van der Waals surface area (Å²) in [5.41, 5.74) is 2.47. The standard InChI is InChI=1S/C13H13BrN2O2/c1-8-11(14)13(17)16-12(15-8)10-5-3-9(4-6-10)7-18-2/h3-6H,7H2,1-2H3,(H,15,16,17). The van der Waals surface area contributed by atoms with Crippen molar-refractivity contribution in [2.45, 2.75) is 13.5 Å². The van der Waals surface area contributed by atoms with Gasteiger partial charge in [-0.1, -0.05) is 24.3 Å². The highest BCUT2D eigenvalue weighted by atomic mass is 79.9. The third-order valence-electron chi connectivity index (χ3n) is 2.57. The summed E-state index contributed by atoms with van der Waals surface area (Å²) in [6.45, 7) is 2.37. The van der Waals surface area contributed by atoms with Gasteiger partial charge in [-0.15, -0.1) is 0 Å². The molecule has 0 spiro atoms. The largest absolute Gasteiger partial charge is 0.380 e. The number of hydrogen-bond donors (Lipinski definition) is 1. The molecule has 2 aromatic rings. The van der Waals surface area contributed by atoms with Crippen molar-refractivity contribution in [3.63, 3.8) is 0 Å². The first-order valence-corrected chi connectivity index (χ1v) is 6.26. The van der Waals surface area contributed by atoms with Gasteiger partial charge in [0.15, 0.2) is 0 Å². The van der Waals surface area contributed by atoms with E-state index in [1.807, 2.05) is 24.3 Å². The van der Waals surface area contributed by atoms with E-state index in [2.05, 4.69) is 25.9 Å². The third-order valence-corrected chi connectivity index (χ3v) is 3.50. The SMILES string of the molecule is COCc1ccc(-c2nc(C)c(Br)c(=O)[nH]2)cc1. The van der Waals surface area contributed by atoms with Gasteiger partial charge in [0.05, 0.1) is 12.3 Å². The zero-order valence-electron chi connectivity index (χ0n) is 10.2. The molecule has 94 valence electrons. The maximum atomic E-state index is 11.6. The van der Waals surface area contributed by atoms with Crippen LogP contribution in [0.2, 0.25) is 0 Å². The number of H-pyrrole nitrogens is 1. The summed E-state index contributed by atoms with van der Waals surface area (Å²) in [6.07, 6.45) is 0. The van der Waals surface area contributed by atoms with Crippen molar-refractivity contribution in [3.8, 4) is 11.4 Å². The predicted molar refractivity (Wildman–Crippen MR) is 73.4 cm³/mol. The van der Waals surface area contributed by atoms with E-state index in [4.69, 9.17) is 4.74 Å². The Morgan fingerprint density at radius 1 is 1.33 bits per heavy atom. The van der Waals surface area contributed by atoms with Crippen LogP contribution in [0.25, 0.3) is 11.4 Å². The van der Waals surface area contributed by atoms with Crippen molar-refractivity contribution >= 4 is 15.9 Å². The second kappa shape index (κ2) is 5.46. The van der Waals surface area contributed by atoms with E-state index < -0.39 is 0 Å². The molecule has 0 amide bonds. The summed E-state index contributed by atoms with van der Waals surface area (Å²) in [4.78, 5) is 18.7. The second-order valence-corrected chi connectivity index (χ2v) is 4.74. The van der Waals surface area contributed by atoms with Crippen molar-refractivity contribution in [2.75, 3.05) is 7.11 Å². The average molecular weight is 309 g/mol. The third kappa shape index (κ3) is 2.68. The first-order chi connectivity index (χ1) is 8.61. The molecule has 1 N–H and O–H groups in total. The molecule has 0 aliphatic heterocycles. The molecule has 0 saturated carbocycles. The van der Waals surface area contributed by atoms with Gasteiger partial charge in [-0.25, -0.2) is 4.98 Å². The predicted octanol–water partition coefficient (Wildman–Crippen LogP) is 2.65. The van der Waals surface area contributed by atoms with Gasteiger partial charge in [-0.2, -0.15) is 0 Å². The van der Waals surface area contributed by atoms with Crippen LogP contribution in [0.3, 0.4) is 0 Å². The normalized spacial score (nSPS) is 10.6. The minimum Gasteiger partial charge on any atom is -0.380 e. The van der Waals surface area contributed by atoms with Crippen molar-refractivity contribution in [1.29, 1.82) is 0 Å². The number of nitrogens with one attached hydrogen (secondary N) is 1. The van der Waals surface area contributed by atoms with Gasteiger partial charge in [0.2, 0.25) is 0 Å². The number of aromatic amines is 1. The van der Waals surface area contributed by atoms with Gasteiger partial charge >= 0.3 is 0 Å². The Morgan fingerprint density at radius 3 is 2.56 bits per heavy atom. The molecule has 1 heterocycles. The van der Waals surface area contributed by atoms with Gasteiger partial charge in [-0.3, -0.25) is 4.79 Å². The molecule has 4 nitrogen and oxygen atoms in total. The molecular formula is C13H13BrN2O2. The maximum Gasteiger partial charge on any atom is 0.265 e. The van der Waals surface area contributed by atoms with Crippen LogP contribution in [-0.4, -0.2) is 17.1 Å². The Labute approximate surface area is 113 Å². The fourth-order valence-corrected chi connectivity index (χ4v) is 1.82. The van der Waals surface area contributed by atoms with Gasteiger partial charge in [-0.05, 0) is 28.4 Å². The maximum absolute atomic E-state index is 11.6. The number of methoxy groups -OCH3 is 1. The van der Waals surface area contributed by atoms with Crippen molar-refractivity contribution in [1.82, 2.24) is 9.97 Å². The molecule has 18 heavy (non-hydrogen) atoms. The van der Waals surface area contributed by atoms with E-state index in [0.717, 1.165) is 11.1 Å². The topological polar surface area (TPSA) is 55.0 Å². The summed E-state index contributed by atoms with van der Waals surface area (Å²) in [5.74, 6) is 0.574. The smallest absolute Gasteiger partial charge is 0.265 e. The zero-order valence-corrected chi connectivity index (χ0v) is 11.7. The second-order valence-electron chi connectivity index (χ2n) is 3.94. The van der Waals surface area contributed by atoms with E-state index >= 15 is 0 Å². The lowest BCUT2D eigenvalue weighted by Gasteiger charge is -2.05. The number of nitrogens with zero attached hydrogens (tertiary/aromatic N) is 1. The highest BCUT2D eigenvalue weighted by molar-refractivity contribution is 9.10. The zero-order chi connectivity index (χ0) is 13.1. The van der Waals surface area contributed by atoms with Crippen LogP contribution in [-0.2, 0) is 11.3 Å². The molecule has 0 saturated heterocycles. The molecule has 0 bridgehead atoms. The summed E-state index contributed by atoms with van der Waals surface area (Å²) in [7, 11) is 1.66. The van der Waals surface area contributed by atoms with Crippen LogP contribution in [0.4, 0.5) is 0 Å². The number of halogens is 1. The van der Waals surface area contributed by atoms with Crippen LogP contribution in [0.1, 0.15) is 11.3 Å². The fourth-order valence-electron chi connectivity index (χ4n) is 1.63. The van der Waals surface area contributed by atoms with Crippen LogP contribution in [0, 0.1) is 6.92 Å². The summed E-state index contributed by atoms with van der Waals surface area (Å²) < 4.78 is 5.52. The van der Waals surface area contributed by atoms with E-state index in [1.165, 1.54) is 0 Å². The molecule has 1 aromatic carbocycles. The Hall–Kier alpha value is -1.46. The molecule has 0 atom stereocenters. The van der Waals surface area contributed by atoms with Gasteiger partial charge in [0.25, 0.3) is 5.56 Å². The van der Waals surface area contributed by atoms with E-state index in [0.29, 0.717) is 22.6 Å². The summed E-state index contributed by atoms with van der Waals surface area (Å²) >= 11 is 3.20. The lowest BCUT2D eigenvalue weighted by Crippen LogP contribution is -2.11. The number of hydrogen-bond acceptors (Lipinski definition) is 3.